The van der Waals surface area contributed by atoms with E-state index in [9.17, 15) is 5.26 Å². The third kappa shape index (κ3) is 5.12. The van der Waals surface area contributed by atoms with E-state index < -0.39 is 0 Å². The summed E-state index contributed by atoms with van der Waals surface area (Å²) in [5, 5.41) is 15.7. The Hall–Kier alpha value is -3.11. The smallest absolute Gasteiger partial charge is 0.158 e. The van der Waals surface area contributed by atoms with E-state index in [1.54, 1.807) is 6.08 Å². The van der Waals surface area contributed by atoms with Crippen molar-refractivity contribution in [3.8, 4) is 6.07 Å². The van der Waals surface area contributed by atoms with Crippen molar-refractivity contribution >= 4 is 28.3 Å². The summed E-state index contributed by atoms with van der Waals surface area (Å²) >= 11 is 6.26. The number of nitriles is 1. The fourth-order valence-electron chi connectivity index (χ4n) is 4.26. The molecule has 0 spiro atoms. The minimum atomic E-state index is 0.0892. The van der Waals surface area contributed by atoms with Crippen molar-refractivity contribution in [1.82, 2.24) is 24.6 Å². The summed E-state index contributed by atoms with van der Waals surface area (Å²) in [6.45, 7) is 13.0. The number of fused-ring (bicyclic) bond motifs is 1. The Bertz CT molecular complexity index is 1210. The summed E-state index contributed by atoms with van der Waals surface area (Å²) < 4.78 is 1.84. The summed E-state index contributed by atoms with van der Waals surface area (Å²) in [4.78, 5) is 13.4. The number of halogens is 1. The first-order chi connectivity index (χ1) is 15.5. The quantitative estimate of drug-likeness (QED) is 0.340. The molecular formula is C25H32ClN7. The van der Waals surface area contributed by atoms with Crippen LogP contribution in [0.15, 0.2) is 30.1 Å². The van der Waals surface area contributed by atoms with Crippen molar-refractivity contribution in [2.45, 2.75) is 60.0 Å². The molecule has 0 aliphatic heterocycles. The number of nitrogens with zero attached hydrogens (tertiary/aromatic N) is 7. The molecule has 0 radical (unpaired) electrons. The van der Waals surface area contributed by atoms with E-state index in [0.29, 0.717) is 17.6 Å². The van der Waals surface area contributed by atoms with Crippen molar-refractivity contribution in [2.75, 3.05) is 11.9 Å². The summed E-state index contributed by atoms with van der Waals surface area (Å²) in [5.74, 6) is 1.11. The number of hydrogen-bond donors (Lipinski definition) is 0. The lowest BCUT2D eigenvalue weighted by Gasteiger charge is -2.36. The summed E-state index contributed by atoms with van der Waals surface area (Å²) in [7, 11) is 3.90. The van der Waals surface area contributed by atoms with Gasteiger partial charge in [-0.25, -0.2) is 9.97 Å². The second-order valence-electron chi connectivity index (χ2n) is 9.01. The van der Waals surface area contributed by atoms with Gasteiger partial charge >= 0.3 is 0 Å². The zero-order valence-electron chi connectivity index (χ0n) is 20.7. The van der Waals surface area contributed by atoms with Gasteiger partial charge < -0.3 is 9.80 Å². The van der Waals surface area contributed by atoms with E-state index in [4.69, 9.17) is 16.6 Å². The average molecular weight is 466 g/mol. The highest BCUT2D eigenvalue weighted by Crippen LogP contribution is 2.30. The highest BCUT2D eigenvalue weighted by Gasteiger charge is 2.22. The molecule has 0 atom stereocenters. The Morgan fingerprint density at radius 1 is 1.18 bits per heavy atom. The van der Waals surface area contributed by atoms with E-state index in [1.807, 2.05) is 49.7 Å². The summed E-state index contributed by atoms with van der Waals surface area (Å²) in [6.07, 6.45) is 1.57. The number of aryl methyl sites for hydroxylation is 3. The molecule has 7 nitrogen and oxygen atoms in total. The van der Waals surface area contributed by atoms with Crippen LogP contribution in [0.25, 0.3) is 11.0 Å². The largest absolute Gasteiger partial charge is 0.355 e. The van der Waals surface area contributed by atoms with Crippen LogP contribution in [0.4, 0.5) is 5.69 Å². The molecule has 0 aromatic carbocycles. The fourth-order valence-corrected chi connectivity index (χ4v) is 4.50. The first-order valence-electron chi connectivity index (χ1n) is 11.1. The first kappa shape index (κ1) is 24.5. The van der Waals surface area contributed by atoms with Crippen LogP contribution >= 0.6 is 11.6 Å². The predicted molar refractivity (Wildman–Crippen MR) is 134 cm³/mol. The Kier molecular flexibility index (Phi) is 7.28. The summed E-state index contributed by atoms with van der Waals surface area (Å²) in [5.41, 5.74) is 5.74. The Balaban J connectivity index is 2.05. The molecule has 8 heteroatoms. The number of aromatic nitrogens is 4. The highest BCUT2D eigenvalue weighted by molar-refractivity contribution is 6.29. The van der Waals surface area contributed by atoms with Gasteiger partial charge in [-0.05, 0) is 57.4 Å². The minimum absolute atomic E-state index is 0.0892. The maximum absolute atomic E-state index is 9.59. The maximum Gasteiger partial charge on any atom is 0.158 e. The van der Waals surface area contributed by atoms with Gasteiger partial charge in [0.25, 0.3) is 0 Å². The molecule has 3 heterocycles. The molecule has 0 saturated heterocycles. The zero-order chi connectivity index (χ0) is 24.4. The molecule has 0 saturated carbocycles. The van der Waals surface area contributed by atoms with Crippen LogP contribution < -0.4 is 4.90 Å². The fraction of sp³-hybridized carbons (Fsp3) is 0.440. The van der Waals surface area contributed by atoms with Crippen molar-refractivity contribution in [1.29, 1.82) is 5.26 Å². The zero-order valence-corrected chi connectivity index (χ0v) is 21.4. The second-order valence-corrected chi connectivity index (χ2v) is 9.39. The van der Waals surface area contributed by atoms with Crippen LogP contribution in [0.1, 0.15) is 56.3 Å². The predicted octanol–water partition coefficient (Wildman–Crippen LogP) is 5.47. The van der Waals surface area contributed by atoms with Gasteiger partial charge in [0.2, 0.25) is 0 Å². The third-order valence-electron chi connectivity index (χ3n) is 5.61. The van der Waals surface area contributed by atoms with E-state index in [1.165, 1.54) is 5.56 Å². The number of pyridine rings is 2. The molecule has 33 heavy (non-hydrogen) atoms. The number of rotatable bonds is 7. The lowest BCUT2D eigenvalue weighted by atomic mass is 9.98. The highest BCUT2D eigenvalue weighted by atomic mass is 35.5. The van der Waals surface area contributed by atoms with E-state index in [-0.39, 0.29) is 6.04 Å². The van der Waals surface area contributed by atoms with Crippen molar-refractivity contribution < 1.29 is 0 Å². The second kappa shape index (κ2) is 9.80. The molecule has 0 fully saturated rings. The standard InChI is InChI=1S/C25H32ClN7/c1-15(2)21-12-19(29-25-24(21)18(6)30-32(25)8)14-31(7)23(9-10-27)33(16(3)4)20-11-17(5)28-22(26)13-20/h9,11-13,15-16H,14H2,1-8H3/b23-9-. The lowest BCUT2D eigenvalue weighted by Crippen LogP contribution is -2.38. The molecule has 3 rings (SSSR count). The van der Waals surface area contributed by atoms with Gasteiger partial charge in [0.05, 0.1) is 30.1 Å². The third-order valence-corrected chi connectivity index (χ3v) is 5.80. The normalized spacial score (nSPS) is 12.0. The van der Waals surface area contributed by atoms with E-state index in [2.05, 4.69) is 54.8 Å². The van der Waals surface area contributed by atoms with Crippen molar-refractivity contribution in [2.24, 2.45) is 7.05 Å². The van der Waals surface area contributed by atoms with Crippen molar-refractivity contribution in [3.05, 3.63) is 57.9 Å². The average Bonchev–Trinajstić information content (AvgIpc) is 2.99. The van der Waals surface area contributed by atoms with Crippen LogP contribution in [-0.2, 0) is 13.6 Å². The maximum atomic E-state index is 9.59. The molecule has 174 valence electrons. The van der Waals surface area contributed by atoms with Crippen LogP contribution in [0, 0.1) is 25.2 Å². The van der Waals surface area contributed by atoms with Crippen LogP contribution in [-0.4, -0.2) is 37.7 Å². The number of anilines is 1. The Morgan fingerprint density at radius 3 is 2.45 bits per heavy atom. The number of allylic oxidation sites excluding steroid dienone is 1. The van der Waals surface area contributed by atoms with Gasteiger partial charge in [-0.1, -0.05) is 25.4 Å². The monoisotopic (exact) mass is 465 g/mol. The summed E-state index contributed by atoms with van der Waals surface area (Å²) in [6, 6.07) is 8.27. The first-order valence-corrected chi connectivity index (χ1v) is 11.5. The molecule has 3 aromatic rings. The molecule has 0 bridgehead atoms. The van der Waals surface area contributed by atoms with Gasteiger partial charge in [0.15, 0.2) is 5.65 Å². The minimum Gasteiger partial charge on any atom is -0.355 e. The molecule has 0 aliphatic carbocycles. The molecular weight excluding hydrogens is 434 g/mol. The van der Waals surface area contributed by atoms with E-state index in [0.717, 1.165) is 39.6 Å². The van der Waals surface area contributed by atoms with Gasteiger partial charge in [-0.2, -0.15) is 10.4 Å². The van der Waals surface area contributed by atoms with Crippen molar-refractivity contribution in [3.63, 3.8) is 0 Å². The van der Waals surface area contributed by atoms with E-state index >= 15 is 0 Å². The molecule has 0 N–H and O–H groups in total. The van der Waals surface area contributed by atoms with Crippen LogP contribution in [0.5, 0.6) is 0 Å². The van der Waals surface area contributed by atoms with Gasteiger partial charge in [0.1, 0.15) is 11.0 Å². The number of hydrogen-bond acceptors (Lipinski definition) is 6. The van der Waals surface area contributed by atoms with Gasteiger partial charge in [-0.15, -0.1) is 0 Å². The van der Waals surface area contributed by atoms with Gasteiger partial charge in [-0.3, -0.25) is 4.68 Å². The van der Waals surface area contributed by atoms with Gasteiger partial charge in [0, 0.05) is 36.9 Å². The molecule has 0 unspecified atom stereocenters. The molecule has 0 aliphatic rings. The Morgan fingerprint density at radius 2 is 1.88 bits per heavy atom. The SMILES string of the molecule is Cc1cc(N(/C(=C\C#N)N(C)Cc2cc(C(C)C)c3c(C)nn(C)c3n2)C(C)C)cc(Cl)n1. The lowest BCUT2D eigenvalue weighted by molar-refractivity contribution is 0.384. The Labute approximate surface area is 201 Å². The molecule has 0 amide bonds. The topological polar surface area (TPSA) is 73.9 Å². The van der Waals surface area contributed by atoms with Crippen LogP contribution in [0.2, 0.25) is 5.15 Å². The molecule has 3 aromatic heterocycles. The van der Waals surface area contributed by atoms with Crippen LogP contribution in [0.3, 0.4) is 0 Å².